The highest BCUT2D eigenvalue weighted by molar-refractivity contribution is 6.06. The molecule has 0 saturated heterocycles. The van der Waals surface area contributed by atoms with E-state index in [-0.39, 0.29) is 24.4 Å². The van der Waals surface area contributed by atoms with E-state index in [0.717, 1.165) is 0 Å². The molecule has 10 nitrogen and oxygen atoms in total. The summed E-state index contributed by atoms with van der Waals surface area (Å²) in [6, 6.07) is 9.37. The summed E-state index contributed by atoms with van der Waals surface area (Å²) in [5.74, 6) is 0.312. The predicted molar refractivity (Wildman–Crippen MR) is 116 cm³/mol. The first kappa shape index (κ1) is 23.3. The van der Waals surface area contributed by atoms with E-state index in [4.69, 9.17) is 9.47 Å². The summed E-state index contributed by atoms with van der Waals surface area (Å²) in [6.45, 7) is 3.32. The number of carbonyl (C=O) groups excluding carboxylic acids is 2. The molecular formula is C21H24N4O6. The topological polar surface area (TPSA) is 132 Å². The average Bonchev–Trinajstić information content (AvgIpc) is 2.73. The van der Waals surface area contributed by atoms with Gasteiger partial charge in [0.2, 0.25) is 11.8 Å². The van der Waals surface area contributed by atoms with E-state index in [1.54, 1.807) is 38.1 Å². The number of ether oxygens (including phenoxy) is 2. The molecule has 0 radical (unpaired) electrons. The second kappa shape index (κ2) is 10.7. The van der Waals surface area contributed by atoms with Crippen molar-refractivity contribution in [2.45, 2.75) is 26.7 Å². The largest absolute Gasteiger partial charge is 0.493 e. The lowest BCUT2D eigenvalue weighted by molar-refractivity contribution is -0.384. The number of nitro benzene ring substituents is 1. The van der Waals surface area contributed by atoms with Crippen molar-refractivity contribution in [1.82, 2.24) is 5.43 Å². The third kappa shape index (κ3) is 6.81. The minimum absolute atomic E-state index is 0.0657. The van der Waals surface area contributed by atoms with Gasteiger partial charge in [-0.3, -0.25) is 19.7 Å². The maximum atomic E-state index is 12.2. The van der Waals surface area contributed by atoms with Crippen LogP contribution in [-0.2, 0) is 16.0 Å². The molecule has 0 fully saturated rings. The summed E-state index contributed by atoms with van der Waals surface area (Å²) >= 11 is 0. The van der Waals surface area contributed by atoms with Gasteiger partial charge in [0.15, 0.2) is 11.5 Å². The fourth-order valence-corrected chi connectivity index (χ4v) is 2.70. The zero-order valence-electron chi connectivity index (χ0n) is 17.7. The molecule has 0 atom stereocenters. The number of nitrogens with zero attached hydrogens (tertiary/aromatic N) is 2. The normalized spacial score (nSPS) is 10.9. The van der Waals surface area contributed by atoms with Crippen LogP contribution in [0.5, 0.6) is 11.5 Å². The number of non-ortho nitro benzene ring substituents is 1. The number of hydrogen-bond donors (Lipinski definition) is 2. The number of benzene rings is 2. The molecule has 0 saturated carbocycles. The fraction of sp³-hybridized carbons (Fsp3) is 0.286. The molecule has 2 amide bonds. The van der Waals surface area contributed by atoms with Crippen molar-refractivity contribution in [2.75, 3.05) is 19.5 Å². The molecule has 2 aromatic carbocycles. The number of carbonyl (C=O) groups is 2. The Morgan fingerprint density at radius 3 is 2.42 bits per heavy atom. The molecule has 0 bridgehead atoms. The number of nitro groups is 1. The van der Waals surface area contributed by atoms with Crippen LogP contribution in [0.4, 0.5) is 11.4 Å². The van der Waals surface area contributed by atoms with Gasteiger partial charge in [-0.05, 0) is 37.1 Å². The first-order chi connectivity index (χ1) is 14.7. The van der Waals surface area contributed by atoms with Crippen LogP contribution in [0.15, 0.2) is 41.5 Å². The summed E-state index contributed by atoms with van der Waals surface area (Å²) in [5, 5.41) is 17.5. The Morgan fingerprint density at radius 1 is 1.06 bits per heavy atom. The molecule has 2 N–H and O–H groups in total. The van der Waals surface area contributed by atoms with E-state index in [1.165, 1.54) is 26.4 Å². The van der Waals surface area contributed by atoms with Crippen LogP contribution in [0.3, 0.4) is 0 Å². The third-order valence-corrected chi connectivity index (χ3v) is 4.31. The summed E-state index contributed by atoms with van der Waals surface area (Å²) in [6.07, 6.45) is -0.0189. The Hall–Kier alpha value is -3.95. The smallest absolute Gasteiger partial charge is 0.271 e. The standard InChI is InChI=1S/C21H24N4O6/c1-13-5-7-16(25(28)29)12-17(13)22-20(26)9-14(2)23-24-21(27)11-15-6-8-18(30-3)19(10-15)31-4/h5-8,10,12H,9,11H2,1-4H3,(H,22,26)(H,24,27)/b23-14+. The molecule has 0 spiro atoms. The molecule has 0 aliphatic rings. The van der Waals surface area contributed by atoms with E-state index >= 15 is 0 Å². The van der Waals surface area contributed by atoms with E-state index in [0.29, 0.717) is 34.0 Å². The predicted octanol–water partition coefficient (Wildman–Crippen LogP) is 2.98. The Morgan fingerprint density at radius 2 is 1.77 bits per heavy atom. The second-order valence-corrected chi connectivity index (χ2v) is 6.73. The first-order valence-electron chi connectivity index (χ1n) is 9.31. The minimum Gasteiger partial charge on any atom is -0.493 e. The average molecular weight is 428 g/mol. The van der Waals surface area contributed by atoms with Crippen LogP contribution in [0.25, 0.3) is 0 Å². The van der Waals surface area contributed by atoms with Gasteiger partial charge < -0.3 is 14.8 Å². The maximum absolute atomic E-state index is 12.2. The molecule has 2 rings (SSSR count). The number of anilines is 1. The Labute approximate surface area is 179 Å². The summed E-state index contributed by atoms with van der Waals surface area (Å²) in [7, 11) is 3.04. The Bertz CT molecular complexity index is 1020. The van der Waals surface area contributed by atoms with E-state index in [1.807, 2.05) is 0 Å². The minimum atomic E-state index is -0.532. The first-order valence-corrected chi connectivity index (χ1v) is 9.31. The van der Waals surface area contributed by atoms with Crippen LogP contribution in [0.1, 0.15) is 24.5 Å². The van der Waals surface area contributed by atoms with Crippen molar-refractivity contribution in [1.29, 1.82) is 0 Å². The number of rotatable bonds is 9. The van der Waals surface area contributed by atoms with Gasteiger partial charge in [0.25, 0.3) is 5.69 Å². The van der Waals surface area contributed by atoms with Crippen molar-refractivity contribution in [3.05, 3.63) is 57.6 Å². The molecular weight excluding hydrogens is 404 g/mol. The van der Waals surface area contributed by atoms with Crippen molar-refractivity contribution in [3.8, 4) is 11.5 Å². The molecule has 0 heterocycles. The van der Waals surface area contributed by atoms with Gasteiger partial charge in [-0.1, -0.05) is 12.1 Å². The van der Waals surface area contributed by atoms with Crippen molar-refractivity contribution >= 4 is 28.9 Å². The zero-order valence-corrected chi connectivity index (χ0v) is 17.7. The monoisotopic (exact) mass is 428 g/mol. The molecule has 0 aromatic heterocycles. The third-order valence-electron chi connectivity index (χ3n) is 4.31. The lowest BCUT2D eigenvalue weighted by atomic mass is 10.1. The Balaban J connectivity index is 1.92. The van der Waals surface area contributed by atoms with Gasteiger partial charge in [0.1, 0.15) is 0 Å². The quantitative estimate of drug-likeness (QED) is 0.358. The van der Waals surface area contributed by atoms with Gasteiger partial charge in [0.05, 0.1) is 37.7 Å². The molecule has 0 aliphatic heterocycles. The number of nitrogens with one attached hydrogen (secondary N) is 2. The maximum Gasteiger partial charge on any atom is 0.271 e. The van der Waals surface area contributed by atoms with Crippen LogP contribution < -0.4 is 20.2 Å². The highest BCUT2D eigenvalue weighted by Crippen LogP contribution is 2.27. The highest BCUT2D eigenvalue weighted by atomic mass is 16.6. The summed E-state index contributed by atoms with van der Waals surface area (Å²) < 4.78 is 10.4. The van der Waals surface area contributed by atoms with Gasteiger partial charge in [-0.25, -0.2) is 5.43 Å². The fourth-order valence-electron chi connectivity index (χ4n) is 2.70. The second-order valence-electron chi connectivity index (χ2n) is 6.73. The molecule has 164 valence electrons. The SMILES string of the molecule is COc1ccc(CC(=O)N/N=C(\C)CC(=O)Nc2cc([N+](=O)[O-])ccc2C)cc1OC. The van der Waals surface area contributed by atoms with E-state index in [9.17, 15) is 19.7 Å². The number of amides is 2. The van der Waals surface area contributed by atoms with Crippen LogP contribution in [0.2, 0.25) is 0 Å². The molecule has 10 heteroatoms. The number of hydrogen-bond acceptors (Lipinski definition) is 7. The molecule has 31 heavy (non-hydrogen) atoms. The Kier molecular flexibility index (Phi) is 8.07. The molecule has 0 unspecified atom stereocenters. The van der Waals surface area contributed by atoms with Crippen LogP contribution in [-0.4, -0.2) is 36.7 Å². The summed E-state index contributed by atoms with van der Waals surface area (Å²) in [4.78, 5) is 34.7. The van der Waals surface area contributed by atoms with Crippen LogP contribution in [0, 0.1) is 17.0 Å². The number of aryl methyl sites for hydroxylation is 1. The molecule has 0 aliphatic carbocycles. The number of methoxy groups -OCH3 is 2. The lowest BCUT2D eigenvalue weighted by Gasteiger charge is -2.09. The van der Waals surface area contributed by atoms with E-state index in [2.05, 4.69) is 15.8 Å². The van der Waals surface area contributed by atoms with Crippen LogP contribution >= 0.6 is 0 Å². The zero-order chi connectivity index (χ0) is 23.0. The molecule has 2 aromatic rings. The van der Waals surface area contributed by atoms with Crippen molar-refractivity contribution < 1.29 is 24.0 Å². The lowest BCUT2D eigenvalue weighted by Crippen LogP contribution is -2.23. The summed E-state index contributed by atoms with van der Waals surface area (Å²) in [5.41, 5.74) is 4.42. The van der Waals surface area contributed by atoms with Crippen molar-refractivity contribution in [2.24, 2.45) is 5.10 Å². The van der Waals surface area contributed by atoms with Crippen molar-refractivity contribution in [3.63, 3.8) is 0 Å². The van der Waals surface area contributed by atoms with Gasteiger partial charge >= 0.3 is 0 Å². The number of hydrazone groups is 1. The van der Waals surface area contributed by atoms with Gasteiger partial charge in [-0.15, -0.1) is 0 Å². The highest BCUT2D eigenvalue weighted by Gasteiger charge is 2.12. The van der Waals surface area contributed by atoms with E-state index < -0.39 is 10.8 Å². The van der Waals surface area contributed by atoms with Gasteiger partial charge in [-0.2, -0.15) is 5.10 Å². The van der Waals surface area contributed by atoms with Gasteiger partial charge in [0, 0.05) is 17.8 Å².